The second-order valence-corrected chi connectivity index (χ2v) is 4.96. The largest absolute Gasteiger partial charge is 0.481 e. The van der Waals surface area contributed by atoms with Crippen molar-refractivity contribution in [2.75, 3.05) is 26.4 Å². The number of ether oxygens (including phenoxy) is 1. The van der Waals surface area contributed by atoms with Crippen molar-refractivity contribution < 1.29 is 19.7 Å². The van der Waals surface area contributed by atoms with Gasteiger partial charge in [0.05, 0.1) is 26.2 Å². The molecular weight excluding hydrogens is 270 g/mol. The number of carboxylic acid groups (broad SMARTS) is 1. The Morgan fingerprint density at radius 1 is 1.24 bits per heavy atom. The first-order chi connectivity index (χ1) is 10.2. The second-order valence-electron chi connectivity index (χ2n) is 4.96. The predicted molar refractivity (Wildman–Crippen MR) is 81.5 cm³/mol. The maximum Gasteiger partial charge on any atom is 0.304 e. The van der Waals surface area contributed by atoms with Gasteiger partial charge in [0.15, 0.2) is 0 Å². The van der Waals surface area contributed by atoms with Crippen molar-refractivity contribution in [1.29, 1.82) is 0 Å². The van der Waals surface area contributed by atoms with Gasteiger partial charge in [-0.3, -0.25) is 4.79 Å². The van der Waals surface area contributed by atoms with Crippen LogP contribution in [0.15, 0.2) is 24.3 Å². The van der Waals surface area contributed by atoms with E-state index in [2.05, 4.69) is 36.5 Å². The van der Waals surface area contributed by atoms with Crippen LogP contribution < -0.4 is 5.32 Å². The van der Waals surface area contributed by atoms with E-state index in [9.17, 15) is 4.79 Å². The first kappa shape index (κ1) is 17.6. The third-order valence-electron chi connectivity index (χ3n) is 3.25. The molecule has 118 valence electrons. The molecule has 0 bridgehead atoms. The molecule has 1 unspecified atom stereocenters. The maximum absolute atomic E-state index is 10.9. The van der Waals surface area contributed by atoms with Crippen molar-refractivity contribution in [3.63, 3.8) is 0 Å². The van der Waals surface area contributed by atoms with Crippen LogP contribution in [0.5, 0.6) is 0 Å². The van der Waals surface area contributed by atoms with Crippen LogP contribution in [0, 0.1) is 0 Å². The number of aliphatic carboxylic acids is 1. The summed E-state index contributed by atoms with van der Waals surface area (Å²) < 4.78 is 5.16. The molecule has 1 aromatic carbocycles. The molecule has 0 saturated carbocycles. The average molecular weight is 295 g/mol. The molecule has 0 aliphatic carbocycles. The molecule has 0 aromatic heterocycles. The summed E-state index contributed by atoms with van der Waals surface area (Å²) in [6.07, 6.45) is 1.76. The second kappa shape index (κ2) is 10.3. The normalized spacial score (nSPS) is 12.3. The van der Waals surface area contributed by atoms with Crippen LogP contribution in [-0.2, 0) is 22.4 Å². The lowest BCUT2D eigenvalue weighted by atomic mass is 10.0. The summed E-state index contributed by atoms with van der Waals surface area (Å²) in [7, 11) is 0. The van der Waals surface area contributed by atoms with Gasteiger partial charge in [0.25, 0.3) is 0 Å². The third kappa shape index (κ3) is 7.80. The average Bonchev–Trinajstić information content (AvgIpc) is 2.47. The van der Waals surface area contributed by atoms with Gasteiger partial charge in [-0.25, -0.2) is 0 Å². The van der Waals surface area contributed by atoms with Crippen molar-refractivity contribution in [2.24, 2.45) is 0 Å². The highest BCUT2D eigenvalue weighted by molar-refractivity contribution is 5.67. The number of aryl methyl sites for hydroxylation is 1. The molecule has 21 heavy (non-hydrogen) atoms. The molecule has 0 amide bonds. The van der Waals surface area contributed by atoms with Gasteiger partial charge < -0.3 is 20.3 Å². The van der Waals surface area contributed by atoms with Crippen molar-refractivity contribution in [3.8, 4) is 0 Å². The van der Waals surface area contributed by atoms with Crippen LogP contribution in [0.4, 0.5) is 0 Å². The minimum Gasteiger partial charge on any atom is -0.481 e. The molecule has 0 aliphatic rings. The Hall–Kier alpha value is -1.43. The monoisotopic (exact) mass is 295 g/mol. The molecule has 3 N–H and O–H groups in total. The quantitative estimate of drug-likeness (QED) is 0.535. The van der Waals surface area contributed by atoms with E-state index in [0.29, 0.717) is 26.2 Å². The van der Waals surface area contributed by atoms with Crippen molar-refractivity contribution in [3.05, 3.63) is 35.4 Å². The molecule has 1 aromatic rings. The molecular formula is C16H25NO4. The van der Waals surface area contributed by atoms with E-state index in [0.717, 1.165) is 12.0 Å². The molecule has 1 rings (SSSR count). The molecule has 0 aliphatic heterocycles. The zero-order chi connectivity index (χ0) is 15.5. The molecule has 0 spiro atoms. The highest BCUT2D eigenvalue weighted by Crippen LogP contribution is 2.09. The lowest BCUT2D eigenvalue weighted by Gasteiger charge is -2.17. The molecule has 0 fully saturated rings. The Bertz CT molecular complexity index is 405. The zero-order valence-corrected chi connectivity index (χ0v) is 12.5. The fraction of sp³-hybridized carbons (Fsp3) is 0.562. The number of nitrogens with one attached hydrogen (secondary N) is 1. The molecule has 0 saturated heterocycles. The Labute approximate surface area is 125 Å². The van der Waals surface area contributed by atoms with Gasteiger partial charge in [0.1, 0.15) is 0 Å². The van der Waals surface area contributed by atoms with Gasteiger partial charge in [-0.1, -0.05) is 31.2 Å². The summed E-state index contributed by atoms with van der Waals surface area (Å²) in [5.74, 6) is -0.811. The number of aliphatic hydroxyl groups is 1. The van der Waals surface area contributed by atoms with Crippen LogP contribution in [0.25, 0.3) is 0 Å². The number of carboxylic acids is 1. The number of rotatable bonds is 11. The third-order valence-corrected chi connectivity index (χ3v) is 3.25. The molecule has 1 atom stereocenters. The summed E-state index contributed by atoms with van der Waals surface area (Å²) >= 11 is 0. The summed E-state index contributed by atoms with van der Waals surface area (Å²) in [6.45, 7) is 3.46. The highest BCUT2D eigenvalue weighted by atomic mass is 16.5. The Balaban J connectivity index is 2.45. The Morgan fingerprint density at radius 3 is 2.48 bits per heavy atom. The summed E-state index contributed by atoms with van der Waals surface area (Å²) in [5, 5.41) is 20.8. The molecule has 5 heteroatoms. The maximum atomic E-state index is 10.9. The van der Waals surface area contributed by atoms with Crippen LogP contribution in [0.2, 0.25) is 0 Å². The van der Waals surface area contributed by atoms with Crippen molar-refractivity contribution in [2.45, 2.75) is 32.2 Å². The number of hydrogen-bond donors (Lipinski definition) is 3. The van der Waals surface area contributed by atoms with Crippen LogP contribution in [-0.4, -0.2) is 48.6 Å². The molecule has 0 radical (unpaired) electrons. The van der Waals surface area contributed by atoms with Gasteiger partial charge in [-0.05, 0) is 24.0 Å². The number of benzene rings is 1. The van der Waals surface area contributed by atoms with E-state index in [1.54, 1.807) is 0 Å². The number of aliphatic hydroxyl groups excluding tert-OH is 1. The van der Waals surface area contributed by atoms with E-state index < -0.39 is 5.97 Å². The fourth-order valence-corrected chi connectivity index (χ4v) is 2.12. The standard InChI is InChI=1S/C16H25NO4/c1-2-13-3-5-14(6-4-13)11-15(12-16(19)20)17-7-9-21-10-8-18/h3-6,15,17-18H,2,7-12H2,1H3,(H,19,20). The Kier molecular flexibility index (Phi) is 8.66. The van der Waals surface area contributed by atoms with Crippen molar-refractivity contribution >= 4 is 5.97 Å². The summed E-state index contributed by atoms with van der Waals surface area (Å²) in [6, 6.07) is 8.15. The minimum atomic E-state index is -0.811. The van der Waals surface area contributed by atoms with E-state index in [1.807, 2.05) is 0 Å². The van der Waals surface area contributed by atoms with Crippen LogP contribution in [0.1, 0.15) is 24.5 Å². The zero-order valence-electron chi connectivity index (χ0n) is 12.5. The topological polar surface area (TPSA) is 78.8 Å². The van der Waals surface area contributed by atoms with Crippen molar-refractivity contribution in [1.82, 2.24) is 5.32 Å². The fourth-order valence-electron chi connectivity index (χ4n) is 2.12. The van der Waals surface area contributed by atoms with Gasteiger partial charge >= 0.3 is 5.97 Å². The Morgan fingerprint density at radius 2 is 1.90 bits per heavy atom. The highest BCUT2D eigenvalue weighted by Gasteiger charge is 2.13. The summed E-state index contributed by atoms with van der Waals surface area (Å²) in [5.41, 5.74) is 2.40. The molecule has 0 heterocycles. The van der Waals surface area contributed by atoms with E-state index >= 15 is 0 Å². The minimum absolute atomic E-state index is 0.00231. The first-order valence-corrected chi connectivity index (χ1v) is 7.37. The molecule has 5 nitrogen and oxygen atoms in total. The first-order valence-electron chi connectivity index (χ1n) is 7.37. The number of carbonyl (C=O) groups is 1. The lowest BCUT2D eigenvalue weighted by Crippen LogP contribution is -2.35. The van der Waals surface area contributed by atoms with E-state index in [4.69, 9.17) is 14.9 Å². The van der Waals surface area contributed by atoms with Gasteiger partial charge in [0, 0.05) is 12.6 Å². The van der Waals surface area contributed by atoms with E-state index in [-0.39, 0.29) is 19.1 Å². The van der Waals surface area contributed by atoms with Gasteiger partial charge in [-0.2, -0.15) is 0 Å². The summed E-state index contributed by atoms with van der Waals surface area (Å²) in [4.78, 5) is 10.9. The van der Waals surface area contributed by atoms with Crippen LogP contribution in [0.3, 0.4) is 0 Å². The van der Waals surface area contributed by atoms with Gasteiger partial charge in [0.2, 0.25) is 0 Å². The smallest absolute Gasteiger partial charge is 0.304 e. The SMILES string of the molecule is CCc1ccc(CC(CC(=O)O)NCCOCCO)cc1. The van der Waals surface area contributed by atoms with Crippen LogP contribution >= 0.6 is 0 Å². The van der Waals surface area contributed by atoms with E-state index in [1.165, 1.54) is 5.56 Å². The predicted octanol–water partition coefficient (Wildman–Crippen LogP) is 1.23. The number of hydrogen-bond acceptors (Lipinski definition) is 4. The lowest BCUT2D eigenvalue weighted by molar-refractivity contribution is -0.137. The van der Waals surface area contributed by atoms with Gasteiger partial charge in [-0.15, -0.1) is 0 Å².